The Morgan fingerprint density at radius 3 is 2.84 bits per heavy atom. The van der Waals surface area contributed by atoms with E-state index in [1.165, 1.54) is 11.2 Å². The van der Waals surface area contributed by atoms with Gasteiger partial charge in [0.1, 0.15) is 6.16 Å². The van der Waals surface area contributed by atoms with Crippen molar-refractivity contribution in [3.8, 4) is 0 Å². The topological polar surface area (TPSA) is 188 Å². The number of nitrogens with one attached hydrogen (secondary N) is 1. The van der Waals surface area contributed by atoms with Crippen molar-refractivity contribution in [1.29, 1.82) is 0 Å². The van der Waals surface area contributed by atoms with Gasteiger partial charge in [0, 0.05) is 6.54 Å². The van der Waals surface area contributed by atoms with Crippen LogP contribution in [0, 0.1) is 0 Å². The maximum absolute atomic E-state index is 12.1. The molecule has 2 aromatic rings. The van der Waals surface area contributed by atoms with Crippen molar-refractivity contribution in [3.63, 3.8) is 0 Å². The Hall–Kier alpha value is -2.27. The fourth-order valence-electron chi connectivity index (χ4n) is 3.05. The van der Waals surface area contributed by atoms with Crippen LogP contribution in [0.4, 0.5) is 5.95 Å². The minimum atomic E-state index is -4.51. The second-order valence-corrected chi connectivity index (χ2v) is 7.52. The number of aliphatic hydroxyl groups excluding tert-OH is 1. The van der Waals surface area contributed by atoms with Crippen molar-refractivity contribution in [3.05, 3.63) is 16.7 Å². The third-order valence-electron chi connectivity index (χ3n) is 4.11. The smallest absolute Gasteiger partial charge is 0.334 e. The molecule has 0 aliphatic carbocycles. The number of hydrogen-bond donors (Lipinski definition) is 5. The molecule has 0 saturated carbocycles. The average Bonchev–Trinajstić information content (AvgIpc) is 3.08. The summed E-state index contributed by atoms with van der Waals surface area (Å²) < 4.78 is 12.6. The summed E-state index contributed by atoms with van der Waals surface area (Å²) >= 11 is 0. The van der Waals surface area contributed by atoms with Crippen molar-refractivity contribution in [2.24, 2.45) is 0 Å². The van der Waals surface area contributed by atoms with Crippen LogP contribution in [0.5, 0.6) is 0 Å². The molecular weight excluding hydrogens is 355 g/mol. The number of hydrogen-bond acceptors (Lipinski definition) is 7. The Bertz CT molecular complexity index is 918. The molecule has 6 N–H and O–H groups in total. The molecule has 3 rings (SSSR count). The Kier molecular flexibility index (Phi) is 4.37. The number of carbonyl (C=O) groups excluding carboxylic acids is 1. The maximum Gasteiger partial charge on any atom is 0.334 e. The number of likely N-dealkylation sites (tertiary alicyclic amines) is 1. The number of nitrogens with two attached hydrogens (primary N) is 1. The zero-order valence-electron chi connectivity index (χ0n) is 12.9. The summed E-state index contributed by atoms with van der Waals surface area (Å²) in [6.07, 6.45) is 0.789. The molecule has 1 unspecified atom stereocenters. The van der Waals surface area contributed by atoms with E-state index < -0.39 is 31.3 Å². The monoisotopic (exact) mass is 372 g/mol. The molecule has 0 bridgehead atoms. The van der Waals surface area contributed by atoms with E-state index in [2.05, 4.69) is 15.0 Å². The van der Waals surface area contributed by atoms with E-state index in [4.69, 9.17) is 15.5 Å². The number of carbonyl (C=O) groups is 1. The lowest BCUT2D eigenvalue weighted by Gasteiger charge is -2.23. The standard InChI is InChI=1S/C12H17N6O6P/c13-12-15-10-9(11(21)16-12)14-5-18(10)6-1-7(3-19)17(2-6)8(20)4-25(22,23)24/h5-7,19H,1-4H2,(H2,22,23,24)(H3,13,15,16,21)/t6?,7-/m0/s1. The number of amides is 1. The van der Waals surface area contributed by atoms with Gasteiger partial charge in [-0.3, -0.25) is 19.1 Å². The van der Waals surface area contributed by atoms with Crippen molar-refractivity contribution < 1.29 is 24.3 Å². The lowest BCUT2D eigenvalue weighted by molar-refractivity contribution is -0.130. The lowest BCUT2D eigenvalue weighted by atomic mass is 10.2. The molecular formula is C12H17N6O6P. The van der Waals surface area contributed by atoms with E-state index in [0.29, 0.717) is 6.42 Å². The molecule has 0 spiro atoms. The lowest BCUT2D eigenvalue weighted by Crippen LogP contribution is -2.39. The third-order valence-corrected chi connectivity index (χ3v) is 4.79. The van der Waals surface area contributed by atoms with Crippen LogP contribution in [-0.2, 0) is 9.36 Å². The normalized spacial score (nSPS) is 21.2. The largest absolute Gasteiger partial charge is 0.394 e. The number of aromatic amines is 1. The zero-order valence-corrected chi connectivity index (χ0v) is 13.8. The van der Waals surface area contributed by atoms with Crippen molar-refractivity contribution >= 4 is 30.6 Å². The number of H-pyrrole nitrogens is 1. The van der Waals surface area contributed by atoms with Crippen LogP contribution in [0.3, 0.4) is 0 Å². The number of rotatable bonds is 4. The molecule has 12 nitrogen and oxygen atoms in total. The highest BCUT2D eigenvalue weighted by Gasteiger charge is 2.38. The van der Waals surface area contributed by atoms with Crippen molar-refractivity contribution in [2.75, 3.05) is 25.0 Å². The van der Waals surface area contributed by atoms with Gasteiger partial charge < -0.3 is 30.1 Å². The Morgan fingerprint density at radius 2 is 2.20 bits per heavy atom. The van der Waals surface area contributed by atoms with Gasteiger partial charge >= 0.3 is 7.60 Å². The highest BCUT2D eigenvalue weighted by molar-refractivity contribution is 7.52. The van der Waals surface area contributed by atoms with Crippen LogP contribution in [-0.4, -0.2) is 70.6 Å². The van der Waals surface area contributed by atoms with Crippen LogP contribution in [0.2, 0.25) is 0 Å². The quantitative estimate of drug-likeness (QED) is 0.379. The second kappa shape index (κ2) is 6.23. The molecule has 13 heteroatoms. The third kappa shape index (κ3) is 3.42. The molecule has 25 heavy (non-hydrogen) atoms. The summed E-state index contributed by atoms with van der Waals surface area (Å²) in [4.78, 5) is 53.5. The van der Waals surface area contributed by atoms with Gasteiger partial charge in [-0.25, -0.2) is 4.98 Å². The van der Waals surface area contributed by atoms with E-state index >= 15 is 0 Å². The van der Waals surface area contributed by atoms with Gasteiger partial charge in [-0.05, 0) is 6.42 Å². The summed E-state index contributed by atoms with van der Waals surface area (Å²) in [6.45, 7) is -0.254. The number of imidazole rings is 1. The fraction of sp³-hybridized carbons (Fsp3) is 0.500. The summed E-state index contributed by atoms with van der Waals surface area (Å²) in [5.41, 5.74) is 5.39. The van der Waals surface area contributed by atoms with Gasteiger partial charge in [-0.1, -0.05) is 0 Å². The molecule has 2 atom stereocenters. The summed E-state index contributed by atoms with van der Waals surface area (Å²) in [5, 5.41) is 9.50. The molecule has 1 aliphatic heterocycles. The maximum atomic E-state index is 12.1. The molecule has 1 aliphatic rings. The summed E-state index contributed by atoms with van der Waals surface area (Å²) in [5.74, 6) is -0.824. The van der Waals surface area contributed by atoms with Gasteiger partial charge in [-0.2, -0.15) is 4.98 Å². The average molecular weight is 372 g/mol. The fourth-order valence-corrected chi connectivity index (χ4v) is 3.58. The van der Waals surface area contributed by atoms with E-state index in [1.54, 1.807) is 4.57 Å². The minimum Gasteiger partial charge on any atom is -0.394 e. The number of nitrogen functional groups attached to an aromatic ring is 1. The Labute approximate surface area is 140 Å². The van der Waals surface area contributed by atoms with Gasteiger partial charge in [0.25, 0.3) is 5.56 Å². The first-order valence-corrected chi connectivity index (χ1v) is 9.16. The molecule has 1 amide bonds. The van der Waals surface area contributed by atoms with E-state index in [9.17, 15) is 19.3 Å². The molecule has 0 radical (unpaired) electrons. The highest BCUT2D eigenvalue weighted by Crippen LogP contribution is 2.36. The molecule has 3 heterocycles. The second-order valence-electron chi connectivity index (χ2n) is 5.87. The van der Waals surface area contributed by atoms with Gasteiger partial charge in [0.15, 0.2) is 11.2 Å². The predicted molar refractivity (Wildman–Crippen MR) is 85.7 cm³/mol. The van der Waals surface area contributed by atoms with Gasteiger partial charge in [0.05, 0.1) is 25.0 Å². The zero-order chi connectivity index (χ0) is 18.4. The summed E-state index contributed by atoms with van der Waals surface area (Å²) in [7, 11) is -4.51. The van der Waals surface area contributed by atoms with Crippen molar-refractivity contribution in [2.45, 2.75) is 18.5 Å². The first kappa shape index (κ1) is 17.5. The van der Waals surface area contributed by atoms with Gasteiger partial charge in [-0.15, -0.1) is 0 Å². The Morgan fingerprint density at radius 1 is 1.48 bits per heavy atom. The number of fused-ring (bicyclic) bond motifs is 1. The molecule has 2 aromatic heterocycles. The predicted octanol–water partition coefficient (Wildman–Crippen LogP) is -1.99. The van der Waals surface area contributed by atoms with Crippen molar-refractivity contribution in [1.82, 2.24) is 24.4 Å². The molecule has 136 valence electrons. The van der Waals surface area contributed by atoms with Crippen LogP contribution >= 0.6 is 7.60 Å². The van der Waals surface area contributed by atoms with Crippen LogP contribution < -0.4 is 11.3 Å². The first-order chi connectivity index (χ1) is 11.7. The highest BCUT2D eigenvalue weighted by atomic mass is 31.2. The number of nitrogens with zero attached hydrogens (tertiary/aromatic N) is 4. The minimum absolute atomic E-state index is 0.0783. The van der Waals surface area contributed by atoms with E-state index in [-0.39, 0.29) is 36.3 Å². The SMILES string of the molecule is Nc1nc2c(ncn2C2C[C@@H](CO)N(C(=O)CP(=O)(O)O)C2)c(=O)[nH]1. The van der Waals surface area contributed by atoms with Crippen LogP contribution in [0.1, 0.15) is 12.5 Å². The van der Waals surface area contributed by atoms with Gasteiger partial charge in [0.2, 0.25) is 11.9 Å². The van der Waals surface area contributed by atoms with Crippen LogP contribution in [0.15, 0.2) is 11.1 Å². The van der Waals surface area contributed by atoms with Crippen LogP contribution in [0.25, 0.3) is 11.2 Å². The Balaban J connectivity index is 1.91. The number of anilines is 1. The summed E-state index contributed by atoms with van der Waals surface area (Å²) in [6, 6.07) is -0.961. The van der Waals surface area contributed by atoms with E-state index in [1.807, 2.05) is 0 Å². The molecule has 0 aromatic carbocycles. The molecule has 1 saturated heterocycles. The number of aliphatic hydroxyl groups is 1. The van der Waals surface area contributed by atoms with E-state index in [0.717, 1.165) is 0 Å². The molecule has 1 fully saturated rings. The first-order valence-electron chi connectivity index (χ1n) is 7.37. The number of aromatic nitrogens is 4.